The first kappa shape index (κ1) is 28.0. The number of aryl methyl sites for hydroxylation is 3. The largest absolute Gasteiger partial charge is 0.328 e. The van der Waals surface area contributed by atoms with Gasteiger partial charge >= 0.3 is 0 Å². The number of aromatic nitrogens is 2. The van der Waals surface area contributed by atoms with Crippen LogP contribution in [0.5, 0.6) is 0 Å². The molecule has 0 fully saturated rings. The number of carbonyl (C=O) groups is 1. The summed E-state index contributed by atoms with van der Waals surface area (Å²) in [7, 11) is 0. The minimum absolute atomic E-state index is 0.0653. The van der Waals surface area contributed by atoms with Crippen molar-refractivity contribution in [3.8, 4) is 5.69 Å². The molecular weight excluding hydrogens is 506 g/mol. The Bertz CT molecular complexity index is 1720. The molecule has 1 heterocycles. The first-order valence-electron chi connectivity index (χ1n) is 14.4. The minimum atomic E-state index is -0.420. The maximum atomic E-state index is 14.2. The summed E-state index contributed by atoms with van der Waals surface area (Å²) in [6, 6.07) is 31.1. The van der Waals surface area contributed by atoms with Crippen LogP contribution in [0.1, 0.15) is 64.7 Å². The number of carbonyl (C=O) groups excluding carboxylic acids is 1. The fourth-order valence-corrected chi connectivity index (χ4v) is 5.37. The Kier molecular flexibility index (Phi) is 8.44. The Hall–Kier alpha value is -4.51. The van der Waals surface area contributed by atoms with Gasteiger partial charge in [-0.05, 0) is 91.8 Å². The molecule has 0 aliphatic rings. The SMILES string of the molecule is CCc1ccc(C(=O)N(CCc2ccccc2)C(CC)c2nc3ccccc3c(=O)n2-c2ccc(C)c(C)c2)cc1. The molecule has 41 heavy (non-hydrogen) atoms. The summed E-state index contributed by atoms with van der Waals surface area (Å²) in [6.07, 6.45) is 2.20. The molecule has 0 saturated carbocycles. The molecule has 5 aromatic rings. The number of fused-ring (bicyclic) bond motifs is 1. The highest BCUT2D eigenvalue weighted by atomic mass is 16.2. The average molecular weight is 544 g/mol. The predicted molar refractivity (Wildman–Crippen MR) is 167 cm³/mol. The molecule has 5 heteroatoms. The van der Waals surface area contributed by atoms with E-state index in [0.717, 1.165) is 28.8 Å². The van der Waals surface area contributed by atoms with Gasteiger partial charge in [-0.15, -0.1) is 0 Å². The maximum Gasteiger partial charge on any atom is 0.266 e. The van der Waals surface area contributed by atoms with Crippen molar-refractivity contribution in [3.63, 3.8) is 0 Å². The van der Waals surface area contributed by atoms with E-state index < -0.39 is 6.04 Å². The van der Waals surface area contributed by atoms with Gasteiger partial charge in [0.05, 0.1) is 22.6 Å². The van der Waals surface area contributed by atoms with Crippen LogP contribution in [0.15, 0.2) is 102 Å². The summed E-state index contributed by atoms with van der Waals surface area (Å²) in [6.45, 7) is 8.76. The van der Waals surface area contributed by atoms with Gasteiger partial charge in [0, 0.05) is 12.1 Å². The molecule has 0 aliphatic carbocycles. The van der Waals surface area contributed by atoms with Crippen molar-refractivity contribution in [2.24, 2.45) is 0 Å². The first-order chi connectivity index (χ1) is 19.9. The molecule has 1 atom stereocenters. The number of amides is 1. The Morgan fingerprint density at radius 3 is 2.22 bits per heavy atom. The molecule has 0 N–H and O–H groups in total. The Balaban J connectivity index is 1.68. The van der Waals surface area contributed by atoms with Gasteiger partial charge in [-0.1, -0.05) is 74.5 Å². The number of hydrogen-bond acceptors (Lipinski definition) is 3. The van der Waals surface area contributed by atoms with Gasteiger partial charge in [-0.2, -0.15) is 0 Å². The van der Waals surface area contributed by atoms with Crippen molar-refractivity contribution < 1.29 is 4.79 Å². The lowest BCUT2D eigenvalue weighted by Gasteiger charge is -2.33. The van der Waals surface area contributed by atoms with Crippen molar-refractivity contribution in [2.75, 3.05) is 6.54 Å². The zero-order valence-electron chi connectivity index (χ0n) is 24.3. The molecule has 5 rings (SSSR count). The van der Waals surface area contributed by atoms with Gasteiger partial charge < -0.3 is 4.90 Å². The fraction of sp³-hybridized carbons (Fsp3) is 0.250. The first-order valence-corrected chi connectivity index (χ1v) is 14.4. The molecule has 0 radical (unpaired) electrons. The van der Waals surface area contributed by atoms with Gasteiger partial charge in [-0.25, -0.2) is 4.98 Å². The molecule has 4 aromatic carbocycles. The molecule has 1 aromatic heterocycles. The van der Waals surface area contributed by atoms with Gasteiger partial charge in [-0.3, -0.25) is 14.2 Å². The molecule has 208 valence electrons. The van der Waals surface area contributed by atoms with Crippen LogP contribution < -0.4 is 5.56 Å². The summed E-state index contributed by atoms with van der Waals surface area (Å²) in [4.78, 5) is 35.3. The number of hydrogen-bond donors (Lipinski definition) is 0. The van der Waals surface area contributed by atoms with Gasteiger partial charge in [0.15, 0.2) is 0 Å². The van der Waals surface area contributed by atoms with Crippen LogP contribution in [-0.4, -0.2) is 26.9 Å². The molecule has 0 bridgehead atoms. The lowest BCUT2D eigenvalue weighted by molar-refractivity contribution is 0.0662. The third-order valence-corrected chi connectivity index (χ3v) is 7.97. The van der Waals surface area contributed by atoms with E-state index >= 15 is 0 Å². The minimum Gasteiger partial charge on any atom is -0.328 e. The lowest BCUT2D eigenvalue weighted by atomic mass is 10.0. The van der Waals surface area contributed by atoms with Crippen LogP contribution >= 0.6 is 0 Å². The van der Waals surface area contributed by atoms with E-state index in [2.05, 4.69) is 32.9 Å². The highest BCUT2D eigenvalue weighted by Crippen LogP contribution is 2.28. The summed E-state index contributed by atoms with van der Waals surface area (Å²) in [5.41, 5.74) is 6.48. The van der Waals surface area contributed by atoms with Gasteiger partial charge in [0.1, 0.15) is 5.82 Å². The second-order valence-corrected chi connectivity index (χ2v) is 10.6. The second-order valence-electron chi connectivity index (χ2n) is 10.6. The quantitative estimate of drug-likeness (QED) is 0.195. The molecule has 5 nitrogen and oxygen atoms in total. The van der Waals surface area contributed by atoms with E-state index in [1.165, 1.54) is 5.56 Å². The highest BCUT2D eigenvalue weighted by Gasteiger charge is 2.30. The van der Waals surface area contributed by atoms with E-state index in [-0.39, 0.29) is 11.5 Å². The van der Waals surface area contributed by atoms with E-state index in [1.54, 1.807) is 4.57 Å². The fourth-order valence-electron chi connectivity index (χ4n) is 5.37. The number of rotatable bonds is 9. The van der Waals surface area contributed by atoms with Gasteiger partial charge in [0.25, 0.3) is 11.5 Å². The summed E-state index contributed by atoms with van der Waals surface area (Å²) < 4.78 is 1.71. The maximum absolute atomic E-state index is 14.2. The van der Waals surface area contributed by atoms with Gasteiger partial charge in [0.2, 0.25) is 0 Å². The van der Waals surface area contributed by atoms with Crippen LogP contribution in [0, 0.1) is 13.8 Å². The standard InChI is InChI=1S/C36H37N3O2/c1-5-27-17-19-29(20-18-27)35(40)38(23-22-28-12-8-7-9-13-28)33(6-2)34-37-32-15-11-10-14-31(32)36(41)39(34)30-21-16-25(3)26(4)24-30/h7-21,24,33H,5-6,22-23H2,1-4H3. The molecule has 0 saturated heterocycles. The van der Waals surface area contributed by atoms with Crippen molar-refractivity contribution in [2.45, 2.75) is 53.0 Å². The zero-order chi connectivity index (χ0) is 28.9. The van der Waals surface area contributed by atoms with E-state index in [9.17, 15) is 9.59 Å². The predicted octanol–water partition coefficient (Wildman–Crippen LogP) is 7.40. The van der Waals surface area contributed by atoms with Crippen molar-refractivity contribution in [1.82, 2.24) is 14.5 Å². The molecule has 1 unspecified atom stereocenters. The summed E-state index contributed by atoms with van der Waals surface area (Å²) >= 11 is 0. The van der Waals surface area contributed by atoms with Crippen molar-refractivity contribution in [3.05, 3.63) is 141 Å². The average Bonchev–Trinajstić information content (AvgIpc) is 3.01. The lowest BCUT2D eigenvalue weighted by Crippen LogP contribution is -2.39. The van der Waals surface area contributed by atoms with E-state index in [0.29, 0.717) is 41.7 Å². The zero-order valence-corrected chi connectivity index (χ0v) is 24.3. The van der Waals surface area contributed by atoms with Crippen LogP contribution in [0.2, 0.25) is 0 Å². The Morgan fingerprint density at radius 2 is 1.54 bits per heavy atom. The van der Waals surface area contributed by atoms with Crippen LogP contribution in [0.3, 0.4) is 0 Å². The normalized spacial score (nSPS) is 11.9. The van der Waals surface area contributed by atoms with Crippen molar-refractivity contribution in [1.29, 1.82) is 0 Å². The Morgan fingerprint density at radius 1 is 0.829 bits per heavy atom. The number of para-hydroxylation sites is 1. The van der Waals surface area contributed by atoms with Crippen molar-refractivity contribution >= 4 is 16.8 Å². The van der Waals surface area contributed by atoms with Crippen LogP contribution in [0.25, 0.3) is 16.6 Å². The highest BCUT2D eigenvalue weighted by molar-refractivity contribution is 5.94. The molecular formula is C36H37N3O2. The summed E-state index contributed by atoms with van der Waals surface area (Å²) in [5, 5.41) is 0.557. The number of nitrogens with zero attached hydrogens (tertiary/aromatic N) is 3. The third-order valence-electron chi connectivity index (χ3n) is 7.97. The monoisotopic (exact) mass is 543 g/mol. The Labute approximate surface area is 242 Å². The van der Waals surface area contributed by atoms with E-state index in [1.807, 2.05) is 96.8 Å². The molecule has 0 aliphatic heterocycles. The molecule has 1 amide bonds. The van der Waals surface area contributed by atoms with Crippen LogP contribution in [-0.2, 0) is 12.8 Å². The van der Waals surface area contributed by atoms with E-state index in [4.69, 9.17) is 4.98 Å². The topological polar surface area (TPSA) is 55.2 Å². The number of benzene rings is 4. The molecule has 0 spiro atoms. The van der Waals surface area contributed by atoms with Crippen LogP contribution in [0.4, 0.5) is 0 Å². The second kappa shape index (κ2) is 12.3. The smallest absolute Gasteiger partial charge is 0.266 e. The third kappa shape index (κ3) is 5.85. The summed E-state index contributed by atoms with van der Waals surface area (Å²) in [5.74, 6) is 0.510.